The van der Waals surface area contributed by atoms with E-state index in [4.69, 9.17) is 3.79 Å². The molecule has 0 bridgehead atoms. The summed E-state index contributed by atoms with van der Waals surface area (Å²) in [4.78, 5) is 12.5. The van der Waals surface area contributed by atoms with Gasteiger partial charge in [-0.1, -0.05) is 45.1 Å². The van der Waals surface area contributed by atoms with Crippen LogP contribution in [0.15, 0.2) is 12.2 Å². The molecule has 0 fully saturated rings. The first kappa shape index (κ1) is 29.5. The molecular formula is C26H49AlO3. The van der Waals surface area contributed by atoms with Crippen molar-refractivity contribution >= 4 is 21.5 Å². The Balaban J connectivity index is 3.85. The van der Waals surface area contributed by atoms with Gasteiger partial charge >= 0.3 is 136 Å². The van der Waals surface area contributed by atoms with Crippen molar-refractivity contribution in [2.75, 3.05) is 0 Å². The van der Waals surface area contributed by atoms with Crippen LogP contribution in [0, 0.1) is 17.3 Å². The molecule has 174 valence electrons. The SMILES string of the molecule is CCCCCCCC/C=C\CCCCCCCCC(C(=O)[O][Al]=[O])(C(C)C)C(C)C. The van der Waals surface area contributed by atoms with E-state index >= 15 is 0 Å². The van der Waals surface area contributed by atoms with Gasteiger partial charge in [-0.05, 0) is 12.8 Å². The van der Waals surface area contributed by atoms with E-state index in [0.29, 0.717) is 0 Å². The minimum atomic E-state index is -1.47. The number of carbonyl (C=O) groups excluding carboxylic acids is 1. The number of unbranched alkanes of at least 4 members (excludes halogenated alkanes) is 12. The fourth-order valence-electron chi connectivity index (χ4n) is 4.64. The molecule has 0 saturated heterocycles. The predicted octanol–water partition coefficient (Wildman–Crippen LogP) is 8.22. The van der Waals surface area contributed by atoms with Crippen LogP contribution in [0.1, 0.15) is 131 Å². The maximum absolute atomic E-state index is 12.5. The number of hydrogen-bond acceptors (Lipinski definition) is 3. The Morgan fingerprint density at radius 2 is 1.20 bits per heavy atom. The van der Waals surface area contributed by atoms with Crippen LogP contribution in [0.5, 0.6) is 0 Å². The third kappa shape index (κ3) is 12.4. The van der Waals surface area contributed by atoms with Crippen LogP contribution < -0.4 is 0 Å². The van der Waals surface area contributed by atoms with Gasteiger partial charge < -0.3 is 0 Å². The first-order valence-electron chi connectivity index (χ1n) is 12.7. The van der Waals surface area contributed by atoms with Gasteiger partial charge in [-0.2, -0.15) is 0 Å². The normalized spacial score (nSPS) is 12.1. The van der Waals surface area contributed by atoms with Crippen molar-refractivity contribution in [2.45, 2.75) is 131 Å². The molecule has 0 unspecified atom stereocenters. The Labute approximate surface area is 194 Å². The second kappa shape index (κ2) is 19.2. The molecule has 0 aromatic carbocycles. The van der Waals surface area contributed by atoms with Gasteiger partial charge in [0.2, 0.25) is 0 Å². The first-order valence-corrected chi connectivity index (χ1v) is 13.7. The van der Waals surface area contributed by atoms with Gasteiger partial charge in [0.15, 0.2) is 0 Å². The molecule has 0 saturated carbocycles. The van der Waals surface area contributed by atoms with Crippen LogP contribution in [0.4, 0.5) is 0 Å². The first-order chi connectivity index (χ1) is 14.4. The third-order valence-corrected chi connectivity index (χ3v) is 7.01. The monoisotopic (exact) mass is 436 g/mol. The zero-order chi connectivity index (χ0) is 22.7. The van der Waals surface area contributed by atoms with Gasteiger partial charge in [-0.25, -0.2) is 0 Å². The van der Waals surface area contributed by atoms with E-state index in [1.54, 1.807) is 0 Å². The van der Waals surface area contributed by atoms with Gasteiger partial charge in [-0.15, -0.1) is 0 Å². The Hall–Kier alpha value is -0.458. The fraction of sp³-hybridized carbons (Fsp3) is 0.885. The Kier molecular flexibility index (Phi) is 19.0. The van der Waals surface area contributed by atoms with Crippen molar-refractivity contribution in [2.24, 2.45) is 17.3 Å². The molecule has 0 atom stereocenters. The Bertz CT molecular complexity index is 449. The molecule has 0 heterocycles. The molecule has 0 aliphatic heterocycles. The van der Waals surface area contributed by atoms with Crippen LogP contribution in [-0.2, 0) is 12.4 Å². The number of rotatable bonds is 20. The van der Waals surface area contributed by atoms with Crippen molar-refractivity contribution < 1.29 is 12.4 Å². The van der Waals surface area contributed by atoms with E-state index < -0.39 is 20.9 Å². The standard InChI is InChI=1S/C26H50O2.Al.O/c1-6-7-8-9-10-11-12-13-14-15-16-17-18-19-20-21-22-26(23(2)3,24(4)5)25(27)28;;/h13-14,23-24H,6-12,15-22H2,1-5H3,(H,27,28);;/q;+1;/p-1/b14-13-;;. The Morgan fingerprint density at radius 3 is 1.63 bits per heavy atom. The zero-order valence-corrected chi connectivity index (χ0v) is 21.9. The fourth-order valence-corrected chi connectivity index (χ4v) is 4.94. The van der Waals surface area contributed by atoms with Crippen LogP contribution in [0.2, 0.25) is 0 Å². The summed E-state index contributed by atoms with van der Waals surface area (Å²) in [5, 5.41) is 0. The molecule has 0 rings (SSSR count). The number of allylic oxidation sites excluding steroid dienone is 2. The van der Waals surface area contributed by atoms with Crippen molar-refractivity contribution in [1.29, 1.82) is 0 Å². The molecule has 0 aromatic rings. The van der Waals surface area contributed by atoms with E-state index in [1.165, 1.54) is 77.0 Å². The van der Waals surface area contributed by atoms with Crippen molar-refractivity contribution in [3.63, 3.8) is 0 Å². The molecule has 0 spiro atoms. The second-order valence-corrected chi connectivity index (χ2v) is 9.97. The van der Waals surface area contributed by atoms with Crippen molar-refractivity contribution in [1.82, 2.24) is 0 Å². The van der Waals surface area contributed by atoms with E-state index in [1.807, 2.05) is 0 Å². The molecule has 0 aliphatic carbocycles. The molecule has 0 aromatic heterocycles. The van der Waals surface area contributed by atoms with Crippen LogP contribution >= 0.6 is 0 Å². The summed E-state index contributed by atoms with van der Waals surface area (Å²) in [6.45, 7) is 10.6. The maximum atomic E-state index is 12.5. The molecular weight excluding hydrogens is 387 g/mol. The van der Waals surface area contributed by atoms with Crippen LogP contribution in [0.3, 0.4) is 0 Å². The van der Waals surface area contributed by atoms with E-state index in [9.17, 15) is 8.60 Å². The molecule has 0 aliphatic rings. The van der Waals surface area contributed by atoms with E-state index in [0.717, 1.165) is 19.3 Å². The summed E-state index contributed by atoms with van der Waals surface area (Å²) < 4.78 is 15.9. The van der Waals surface area contributed by atoms with Gasteiger partial charge in [0.05, 0.1) is 0 Å². The number of hydrogen-bond donors (Lipinski definition) is 0. The van der Waals surface area contributed by atoms with E-state index in [2.05, 4.69) is 46.8 Å². The van der Waals surface area contributed by atoms with Crippen molar-refractivity contribution in [3.05, 3.63) is 12.2 Å². The average Bonchev–Trinajstić information content (AvgIpc) is 2.70. The van der Waals surface area contributed by atoms with E-state index in [-0.39, 0.29) is 17.8 Å². The molecule has 4 heteroatoms. The summed E-state index contributed by atoms with van der Waals surface area (Å²) in [6.07, 6.45) is 23.6. The summed E-state index contributed by atoms with van der Waals surface area (Å²) in [7, 11) is 0. The average molecular weight is 437 g/mol. The predicted molar refractivity (Wildman–Crippen MR) is 129 cm³/mol. The van der Waals surface area contributed by atoms with Crippen molar-refractivity contribution in [3.8, 4) is 0 Å². The van der Waals surface area contributed by atoms with Crippen LogP contribution in [-0.4, -0.2) is 21.5 Å². The second-order valence-electron chi connectivity index (χ2n) is 9.54. The molecule has 3 nitrogen and oxygen atoms in total. The minimum absolute atomic E-state index is 0.194. The van der Waals surface area contributed by atoms with Gasteiger partial charge in [0.1, 0.15) is 0 Å². The molecule has 0 radical (unpaired) electrons. The van der Waals surface area contributed by atoms with Crippen LogP contribution in [0.25, 0.3) is 0 Å². The zero-order valence-electron chi connectivity index (χ0n) is 20.7. The topological polar surface area (TPSA) is 43.4 Å². The summed E-state index contributed by atoms with van der Waals surface area (Å²) >= 11 is -1.47. The third-order valence-electron chi connectivity index (χ3n) is 6.70. The van der Waals surface area contributed by atoms with Gasteiger partial charge in [-0.3, -0.25) is 0 Å². The number of carbonyl (C=O) groups is 1. The summed E-state index contributed by atoms with van der Waals surface area (Å²) in [6, 6.07) is 0. The summed E-state index contributed by atoms with van der Waals surface area (Å²) in [5.41, 5.74) is -0.502. The quantitative estimate of drug-likeness (QED) is 0.110. The Morgan fingerprint density at radius 1 is 0.767 bits per heavy atom. The molecule has 0 N–H and O–H groups in total. The molecule has 30 heavy (non-hydrogen) atoms. The van der Waals surface area contributed by atoms with Gasteiger partial charge in [0.25, 0.3) is 0 Å². The van der Waals surface area contributed by atoms with Gasteiger partial charge in [0, 0.05) is 0 Å². The molecule has 0 amide bonds. The summed E-state index contributed by atoms with van der Waals surface area (Å²) in [5.74, 6) is 0.128.